The molecule has 9 heteroatoms. The van der Waals surface area contributed by atoms with E-state index in [4.69, 9.17) is 9.84 Å². The second kappa shape index (κ2) is 8.83. The molecule has 4 rings (SSSR count). The normalized spacial score (nSPS) is 15.0. The zero-order chi connectivity index (χ0) is 23.5. The van der Waals surface area contributed by atoms with Crippen molar-refractivity contribution in [2.24, 2.45) is 0 Å². The monoisotopic (exact) mass is 445 g/mol. The van der Waals surface area contributed by atoms with E-state index in [2.05, 4.69) is 5.32 Å². The van der Waals surface area contributed by atoms with Crippen LogP contribution in [0.15, 0.2) is 72.4 Å². The van der Waals surface area contributed by atoms with E-state index in [0.29, 0.717) is 23.7 Å². The van der Waals surface area contributed by atoms with Crippen molar-refractivity contribution in [2.45, 2.75) is 6.92 Å². The van der Waals surface area contributed by atoms with E-state index in [1.807, 2.05) is 0 Å². The van der Waals surface area contributed by atoms with E-state index in [0.717, 1.165) is 4.90 Å². The van der Waals surface area contributed by atoms with Gasteiger partial charge in [0.25, 0.3) is 11.8 Å². The summed E-state index contributed by atoms with van der Waals surface area (Å²) in [6.45, 7) is 2.11. The summed E-state index contributed by atoms with van der Waals surface area (Å²) in [6, 6.07) is 15.2. The number of rotatable bonds is 6. The Hall–Kier alpha value is -4.66. The molecular weight excluding hydrogens is 426 g/mol. The number of nitrogens with one attached hydrogen (secondary N) is 1. The maximum Gasteiger partial charge on any atom is 0.336 e. The lowest BCUT2D eigenvalue weighted by molar-refractivity contribution is -0.122. The first kappa shape index (κ1) is 21.6. The third-order valence-corrected chi connectivity index (χ3v) is 4.97. The number of benzene rings is 2. The molecule has 0 atom stereocenters. The fourth-order valence-electron chi connectivity index (χ4n) is 3.46. The summed E-state index contributed by atoms with van der Waals surface area (Å²) < 4.78 is 7.22. The lowest BCUT2D eigenvalue weighted by atomic mass is 10.1. The number of aromatic nitrogens is 1. The van der Waals surface area contributed by atoms with Gasteiger partial charge in [0, 0.05) is 17.6 Å². The van der Waals surface area contributed by atoms with Gasteiger partial charge in [0.15, 0.2) is 0 Å². The second-order valence-corrected chi connectivity index (χ2v) is 7.01. The standard InChI is InChI=1S/C24H19N3O6/c1-2-33-20-8-4-3-7-19(20)27-22(29)18(21(28)25-24(27)32)14-17-6-5-13-26(17)16-11-9-15(10-12-16)23(30)31/h3-14H,2H2,1H3,(H,30,31)(H,25,28,32)/b18-14+. The first-order valence-electron chi connectivity index (χ1n) is 10.0. The van der Waals surface area contributed by atoms with Gasteiger partial charge in [-0.2, -0.15) is 0 Å². The molecule has 166 valence electrons. The predicted molar refractivity (Wildman–Crippen MR) is 119 cm³/mol. The summed E-state index contributed by atoms with van der Waals surface area (Å²) in [5, 5.41) is 11.3. The van der Waals surface area contributed by atoms with Gasteiger partial charge in [-0.15, -0.1) is 0 Å². The van der Waals surface area contributed by atoms with Crippen LogP contribution in [0.1, 0.15) is 23.0 Å². The first-order valence-corrected chi connectivity index (χ1v) is 10.0. The summed E-state index contributed by atoms with van der Waals surface area (Å²) in [5.74, 6) is -2.31. The summed E-state index contributed by atoms with van der Waals surface area (Å²) in [6.07, 6.45) is 3.09. The van der Waals surface area contributed by atoms with Crippen LogP contribution >= 0.6 is 0 Å². The number of urea groups is 1. The van der Waals surface area contributed by atoms with Crippen molar-refractivity contribution in [2.75, 3.05) is 11.5 Å². The highest BCUT2D eigenvalue weighted by Gasteiger charge is 2.38. The number of amides is 4. The van der Waals surface area contributed by atoms with Crippen LogP contribution < -0.4 is 15.0 Å². The quantitative estimate of drug-likeness (QED) is 0.444. The number of ether oxygens (including phenoxy) is 1. The summed E-state index contributed by atoms with van der Waals surface area (Å²) in [4.78, 5) is 50.3. The van der Waals surface area contributed by atoms with E-state index < -0.39 is 23.8 Å². The van der Waals surface area contributed by atoms with Crippen molar-refractivity contribution in [3.8, 4) is 11.4 Å². The first-order chi connectivity index (χ1) is 15.9. The molecule has 1 aliphatic heterocycles. The Kier molecular flexibility index (Phi) is 5.77. The molecule has 0 saturated carbocycles. The number of nitrogens with zero attached hydrogens (tertiary/aromatic N) is 2. The van der Waals surface area contributed by atoms with Gasteiger partial charge >= 0.3 is 12.0 Å². The van der Waals surface area contributed by atoms with Crippen LogP contribution in [0.5, 0.6) is 5.75 Å². The van der Waals surface area contributed by atoms with Crippen molar-refractivity contribution in [3.63, 3.8) is 0 Å². The van der Waals surface area contributed by atoms with Crippen LogP contribution in [0.25, 0.3) is 11.8 Å². The maximum absolute atomic E-state index is 13.2. The van der Waals surface area contributed by atoms with Crippen LogP contribution in [0.3, 0.4) is 0 Å². The highest BCUT2D eigenvalue weighted by atomic mass is 16.5. The van der Waals surface area contributed by atoms with Gasteiger partial charge in [-0.3, -0.25) is 14.9 Å². The molecule has 3 aromatic rings. The Bertz CT molecular complexity index is 1290. The Morgan fingerprint density at radius 2 is 1.76 bits per heavy atom. The molecule has 1 aromatic heterocycles. The average Bonchev–Trinajstić information content (AvgIpc) is 3.26. The number of anilines is 1. The van der Waals surface area contributed by atoms with Gasteiger partial charge in [-0.25, -0.2) is 14.5 Å². The minimum Gasteiger partial charge on any atom is -0.492 e. The number of aromatic carboxylic acids is 1. The molecule has 4 amide bonds. The highest BCUT2D eigenvalue weighted by Crippen LogP contribution is 2.31. The Morgan fingerprint density at radius 3 is 2.45 bits per heavy atom. The largest absolute Gasteiger partial charge is 0.492 e. The number of imide groups is 2. The van der Waals surface area contributed by atoms with Gasteiger partial charge in [-0.1, -0.05) is 12.1 Å². The van der Waals surface area contributed by atoms with Crippen LogP contribution in [0.2, 0.25) is 0 Å². The van der Waals surface area contributed by atoms with E-state index in [1.165, 1.54) is 18.2 Å². The number of barbiturate groups is 1. The molecule has 2 heterocycles. The molecule has 1 aliphatic rings. The van der Waals surface area contributed by atoms with E-state index in [9.17, 15) is 19.2 Å². The molecular formula is C24H19N3O6. The molecule has 2 N–H and O–H groups in total. The predicted octanol–water partition coefficient (Wildman–Crippen LogP) is 3.24. The molecule has 1 saturated heterocycles. The minimum atomic E-state index is -1.04. The Morgan fingerprint density at radius 1 is 1.03 bits per heavy atom. The van der Waals surface area contributed by atoms with E-state index in [-0.39, 0.29) is 16.8 Å². The SMILES string of the molecule is CCOc1ccccc1N1C(=O)NC(=O)/C(=C\c2cccn2-c2ccc(C(=O)O)cc2)C1=O. The van der Waals surface area contributed by atoms with Crippen LogP contribution in [-0.4, -0.2) is 40.1 Å². The molecule has 0 aliphatic carbocycles. The van der Waals surface area contributed by atoms with Crippen molar-refractivity contribution in [1.82, 2.24) is 9.88 Å². The number of para-hydroxylation sites is 2. The summed E-state index contributed by atoms with van der Waals surface area (Å²) in [7, 11) is 0. The number of carboxylic acid groups (broad SMARTS) is 1. The highest BCUT2D eigenvalue weighted by molar-refractivity contribution is 6.39. The summed E-state index contributed by atoms with van der Waals surface area (Å²) in [5.41, 5.74) is 1.25. The van der Waals surface area contributed by atoms with Gasteiger partial charge in [0.05, 0.1) is 17.9 Å². The molecule has 0 spiro atoms. The van der Waals surface area contributed by atoms with E-state index >= 15 is 0 Å². The Labute approximate surface area is 188 Å². The van der Waals surface area contributed by atoms with Crippen molar-refractivity contribution < 1.29 is 29.0 Å². The molecule has 33 heavy (non-hydrogen) atoms. The third-order valence-electron chi connectivity index (χ3n) is 4.97. The maximum atomic E-state index is 13.2. The molecule has 9 nitrogen and oxygen atoms in total. The zero-order valence-corrected chi connectivity index (χ0v) is 17.5. The summed E-state index contributed by atoms with van der Waals surface area (Å²) >= 11 is 0. The minimum absolute atomic E-state index is 0.134. The van der Waals surface area contributed by atoms with Crippen molar-refractivity contribution >= 4 is 35.6 Å². The fraction of sp³-hybridized carbons (Fsp3) is 0.0833. The number of hydrogen-bond donors (Lipinski definition) is 2. The number of hydrogen-bond acceptors (Lipinski definition) is 5. The third kappa shape index (κ3) is 4.11. The number of carboxylic acids is 1. The van der Waals surface area contributed by atoms with Crippen molar-refractivity contribution in [3.05, 3.63) is 83.7 Å². The number of carbonyl (C=O) groups excluding carboxylic acids is 3. The fourth-order valence-corrected chi connectivity index (χ4v) is 3.46. The van der Waals surface area contributed by atoms with Gasteiger partial charge < -0.3 is 14.4 Å². The van der Waals surface area contributed by atoms with Gasteiger partial charge in [0.2, 0.25) is 0 Å². The van der Waals surface area contributed by atoms with Gasteiger partial charge in [0.1, 0.15) is 11.3 Å². The number of carbonyl (C=O) groups is 4. The smallest absolute Gasteiger partial charge is 0.336 e. The second-order valence-electron chi connectivity index (χ2n) is 7.01. The molecule has 0 radical (unpaired) electrons. The molecule has 2 aromatic carbocycles. The van der Waals surface area contributed by atoms with Gasteiger partial charge in [-0.05, 0) is 61.5 Å². The molecule has 1 fully saturated rings. The zero-order valence-electron chi connectivity index (χ0n) is 17.5. The van der Waals surface area contributed by atoms with E-state index in [1.54, 1.807) is 66.2 Å². The average molecular weight is 445 g/mol. The topological polar surface area (TPSA) is 118 Å². The van der Waals surface area contributed by atoms with Crippen LogP contribution in [-0.2, 0) is 9.59 Å². The lowest BCUT2D eigenvalue weighted by Crippen LogP contribution is -2.54. The molecule has 0 unspecified atom stereocenters. The Balaban J connectivity index is 1.73. The molecule has 0 bridgehead atoms. The van der Waals surface area contributed by atoms with Crippen molar-refractivity contribution in [1.29, 1.82) is 0 Å². The van der Waals surface area contributed by atoms with Crippen LogP contribution in [0.4, 0.5) is 10.5 Å². The lowest BCUT2D eigenvalue weighted by Gasteiger charge is -2.27. The van der Waals surface area contributed by atoms with Crippen LogP contribution in [0, 0.1) is 0 Å².